The monoisotopic (exact) mass is 235 g/mol. The quantitative estimate of drug-likeness (QED) is 0.666. The minimum Gasteiger partial charge on any atom is -0.317 e. The van der Waals surface area contributed by atoms with E-state index < -0.39 is 0 Å². The van der Waals surface area contributed by atoms with Crippen LogP contribution < -0.4 is 5.32 Å². The highest BCUT2D eigenvalue weighted by atomic mass is 15.1. The number of aromatic nitrogens is 1. The first-order valence-electron chi connectivity index (χ1n) is 6.61. The Bertz CT molecular complexity index is 274. The first-order chi connectivity index (χ1) is 8.33. The third kappa shape index (κ3) is 7.08. The summed E-state index contributed by atoms with van der Waals surface area (Å²) in [6.07, 6.45) is 7.65. The van der Waals surface area contributed by atoms with Crippen molar-refractivity contribution in [1.82, 2.24) is 15.2 Å². The molecule has 0 atom stereocenters. The molecule has 3 nitrogen and oxygen atoms in total. The molecule has 0 aromatic carbocycles. The van der Waals surface area contributed by atoms with Crippen molar-refractivity contribution in [3.05, 3.63) is 30.1 Å². The van der Waals surface area contributed by atoms with Crippen LogP contribution in [0.15, 0.2) is 24.5 Å². The highest BCUT2D eigenvalue weighted by Gasteiger charge is 1.99. The number of unbranched alkanes of at least 4 members (excludes halogenated alkanes) is 2. The largest absolute Gasteiger partial charge is 0.317 e. The Kier molecular flexibility index (Phi) is 7.60. The van der Waals surface area contributed by atoms with E-state index in [1.807, 2.05) is 18.5 Å². The lowest BCUT2D eigenvalue weighted by atomic mass is 10.2. The zero-order valence-corrected chi connectivity index (χ0v) is 11.2. The molecule has 0 unspecified atom stereocenters. The smallest absolute Gasteiger partial charge is 0.0312 e. The Morgan fingerprint density at radius 3 is 2.88 bits per heavy atom. The van der Waals surface area contributed by atoms with Crippen LogP contribution in [0.5, 0.6) is 0 Å². The first-order valence-corrected chi connectivity index (χ1v) is 6.61. The second kappa shape index (κ2) is 9.14. The molecule has 0 aliphatic rings. The molecule has 0 amide bonds. The lowest BCUT2D eigenvalue weighted by molar-refractivity contribution is 0.316. The van der Waals surface area contributed by atoms with Gasteiger partial charge in [-0.05, 0) is 51.2 Å². The molecule has 0 spiro atoms. The summed E-state index contributed by atoms with van der Waals surface area (Å²) in [5.74, 6) is 0. The van der Waals surface area contributed by atoms with E-state index in [0.29, 0.717) is 0 Å². The van der Waals surface area contributed by atoms with Crippen molar-refractivity contribution < 1.29 is 0 Å². The maximum absolute atomic E-state index is 4.13. The average molecular weight is 235 g/mol. The summed E-state index contributed by atoms with van der Waals surface area (Å²) in [4.78, 5) is 6.50. The molecule has 1 heterocycles. The molecule has 17 heavy (non-hydrogen) atoms. The molecule has 0 radical (unpaired) electrons. The number of nitrogens with one attached hydrogen (secondary N) is 1. The van der Waals surface area contributed by atoms with Crippen LogP contribution in [0.1, 0.15) is 31.7 Å². The van der Waals surface area contributed by atoms with Crippen LogP contribution in [0, 0.1) is 0 Å². The highest BCUT2D eigenvalue weighted by molar-refractivity contribution is 5.07. The van der Waals surface area contributed by atoms with Gasteiger partial charge in [0.2, 0.25) is 0 Å². The Hall–Kier alpha value is -0.930. The average Bonchev–Trinajstić information content (AvgIpc) is 2.35. The number of rotatable bonds is 9. The normalized spacial score (nSPS) is 11.0. The van der Waals surface area contributed by atoms with Crippen LogP contribution in [0.3, 0.4) is 0 Å². The first kappa shape index (κ1) is 14.1. The van der Waals surface area contributed by atoms with Gasteiger partial charge in [0.1, 0.15) is 0 Å². The van der Waals surface area contributed by atoms with Crippen molar-refractivity contribution >= 4 is 0 Å². The predicted molar refractivity (Wildman–Crippen MR) is 73.0 cm³/mol. The second-order valence-electron chi connectivity index (χ2n) is 4.51. The van der Waals surface area contributed by atoms with E-state index in [2.05, 4.69) is 35.2 Å². The fourth-order valence-corrected chi connectivity index (χ4v) is 1.87. The maximum Gasteiger partial charge on any atom is 0.0312 e. The molecule has 1 rings (SSSR count). The molecule has 0 bridgehead atoms. The van der Waals surface area contributed by atoms with Gasteiger partial charge in [0, 0.05) is 18.9 Å². The van der Waals surface area contributed by atoms with Crippen molar-refractivity contribution in [2.24, 2.45) is 0 Å². The topological polar surface area (TPSA) is 28.2 Å². The van der Waals surface area contributed by atoms with Gasteiger partial charge in [-0.15, -0.1) is 0 Å². The summed E-state index contributed by atoms with van der Waals surface area (Å²) in [5.41, 5.74) is 1.29. The van der Waals surface area contributed by atoms with Gasteiger partial charge in [0.15, 0.2) is 0 Å². The van der Waals surface area contributed by atoms with Crippen LogP contribution in [0.2, 0.25) is 0 Å². The summed E-state index contributed by atoms with van der Waals surface area (Å²) in [5, 5.41) is 3.35. The van der Waals surface area contributed by atoms with E-state index >= 15 is 0 Å². The second-order valence-corrected chi connectivity index (χ2v) is 4.51. The Balaban J connectivity index is 2.03. The minimum atomic E-state index is 1.00. The molecule has 1 aromatic rings. The standard InChI is InChI=1S/C14H25N3/c1-3-15-9-5-4-6-11-17(2)13-14-8-7-10-16-12-14/h7-8,10,12,15H,3-6,9,11,13H2,1-2H3. The molecule has 0 saturated heterocycles. The van der Waals surface area contributed by atoms with Crippen molar-refractivity contribution in [3.8, 4) is 0 Å². The molecular weight excluding hydrogens is 210 g/mol. The van der Waals surface area contributed by atoms with Gasteiger partial charge >= 0.3 is 0 Å². The summed E-state index contributed by atoms with van der Waals surface area (Å²) in [7, 11) is 2.18. The van der Waals surface area contributed by atoms with Gasteiger partial charge in [-0.25, -0.2) is 0 Å². The fourth-order valence-electron chi connectivity index (χ4n) is 1.87. The van der Waals surface area contributed by atoms with E-state index in [9.17, 15) is 0 Å². The maximum atomic E-state index is 4.13. The zero-order chi connectivity index (χ0) is 12.3. The van der Waals surface area contributed by atoms with Gasteiger partial charge in [0.05, 0.1) is 0 Å². The number of hydrogen-bond acceptors (Lipinski definition) is 3. The van der Waals surface area contributed by atoms with E-state index in [0.717, 1.165) is 19.6 Å². The van der Waals surface area contributed by atoms with Crippen molar-refractivity contribution in [2.75, 3.05) is 26.7 Å². The van der Waals surface area contributed by atoms with E-state index in [4.69, 9.17) is 0 Å². The number of nitrogens with zero attached hydrogens (tertiary/aromatic N) is 2. The van der Waals surface area contributed by atoms with Gasteiger partial charge in [0.25, 0.3) is 0 Å². The van der Waals surface area contributed by atoms with Crippen LogP contribution in [0.4, 0.5) is 0 Å². The van der Waals surface area contributed by atoms with Gasteiger partial charge < -0.3 is 10.2 Å². The van der Waals surface area contributed by atoms with Crippen LogP contribution in [0.25, 0.3) is 0 Å². The predicted octanol–water partition coefficient (Wildman–Crippen LogP) is 2.29. The van der Waals surface area contributed by atoms with Gasteiger partial charge in [-0.3, -0.25) is 4.98 Å². The van der Waals surface area contributed by atoms with E-state index in [-0.39, 0.29) is 0 Å². The molecule has 0 aliphatic carbocycles. The third-order valence-electron chi connectivity index (χ3n) is 2.82. The van der Waals surface area contributed by atoms with Gasteiger partial charge in [-0.1, -0.05) is 19.4 Å². The molecule has 3 heteroatoms. The molecular formula is C14H25N3. The molecule has 0 fully saturated rings. The molecule has 96 valence electrons. The number of hydrogen-bond donors (Lipinski definition) is 1. The molecule has 0 saturated carbocycles. The summed E-state index contributed by atoms with van der Waals surface area (Å²) >= 11 is 0. The summed E-state index contributed by atoms with van der Waals surface area (Å²) < 4.78 is 0. The summed E-state index contributed by atoms with van der Waals surface area (Å²) in [6, 6.07) is 4.13. The van der Waals surface area contributed by atoms with E-state index in [1.54, 1.807) is 0 Å². The molecule has 0 aliphatic heterocycles. The molecule has 1 aromatic heterocycles. The molecule has 1 N–H and O–H groups in total. The lowest BCUT2D eigenvalue weighted by Crippen LogP contribution is -2.19. The SMILES string of the molecule is CCNCCCCCN(C)Cc1cccnc1. The van der Waals surface area contributed by atoms with Gasteiger partial charge in [-0.2, -0.15) is 0 Å². The minimum absolute atomic E-state index is 1.00. The van der Waals surface area contributed by atoms with Crippen molar-refractivity contribution in [2.45, 2.75) is 32.7 Å². The Morgan fingerprint density at radius 2 is 2.18 bits per heavy atom. The fraction of sp³-hybridized carbons (Fsp3) is 0.643. The third-order valence-corrected chi connectivity index (χ3v) is 2.82. The van der Waals surface area contributed by atoms with Crippen molar-refractivity contribution in [1.29, 1.82) is 0 Å². The van der Waals surface area contributed by atoms with Crippen LogP contribution in [-0.2, 0) is 6.54 Å². The summed E-state index contributed by atoms with van der Waals surface area (Å²) in [6.45, 7) is 6.56. The number of pyridine rings is 1. The Morgan fingerprint density at radius 1 is 1.29 bits per heavy atom. The van der Waals surface area contributed by atoms with Crippen molar-refractivity contribution in [3.63, 3.8) is 0 Å². The van der Waals surface area contributed by atoms with E-state index in [1.165, 1.54) is 31.4 Å². The lowest BCUT2D eigenvalue weighted by Gasteiger charge is -2.16. The highest BCUT2D eigenvalue weighted by Crippen LogP contribution is 2.03. The zero-order valence-electron chi connectivity index (χ0n) is 11.2. The van der Waals surface area contributed by atoms with Crippen LogP contribution >= 0.6 is 0 Å². The van der Waals surface area contributed by atoms with Crippen LogP contribution in [-0.4, -0.2) is 36.6 Å². The Labute approximate surface area is 105 Å².